The number of aromatic nitrogens is 2. The van der Waals surface area contributed by atoms with Crippen molar-refractivity contribution in [2.75, 3.05) is 32.6 Å². The van der Waals surface area contributed by atoms with E-state index < -0.39 is 6.10 Å². The van der Waals surface area contributed by atoms with Crippen LogP contribution in [0.4, 0.5) is 5.95 Å². The lowest BCUT2D eigenvalue weighted by atomic mass is 9.98. The van der Waals surface area contributed by atoms with E-state index in [1.54, 1.807) is 21.1 Å². The fourth-order valence-electron chi connectivity index (χ4n) is 3.94. The first-order valence-corrected chi connectivity index (χ1v) is 10.4. The van der Waals surface area contributed by atoms with Crippen LogP contribution in [0.1, 0.15) is 18.1 Å². The highest BCUT2D eigenvalue weighted by Crippen LogP contribution is 2.33. The fourth-order valence-corrected chi connectivity index (χ4v) is 3.94. The average molecular weight is 425 g/mol. The van der Waals surface area contributed by atoms with Gasteiger partial charge < -0.3 is 29.4 Å². The van der Waals surface area contributed by atoms with Crippen LogP contribution in [-0.4, -0.2) is 58.9 Å². The van der Waals surface area contributed by atoms with E-state index in [4.69, 9.17) is 9.47 Å². The van der Waals surface area contributed by atoms with Crippen LogP contribution >= 0.6 is 0 Å². The van der Waals surface area contributed by atoms with Crippen molar-refractivity contribution in [3.05, 3.63) is 47.5 Å². The standard InChI is InChI=1S/C23H28N4O4/c1-15(28)12-24-23-25-18-6-4-5-7-19(18)27(23)14-22(29)26-9-8-16-10-20(30-2)21(31-3)11-17(16)13-26/h4-7,10-11,15,28H,8-9,12-14H2,1-3H3,(H,24,25)/t15-/m1/s1. The lowest BCUT2D eigenvalue weighted by Crippen LogP contribution is -2.38. The first kappa shape index (κ1) is 21.0. The zero-order valence-corrected chi connectivity index (χ0v) is 18.1. The van der Waals surface area contributed by atoms with Crippen molar-refractivity contribution in [2.24, 2.45) is 0 Å². The summed E-state index contributed by atoms with van der Waals surface area (Å²) in [5.41, 5.74) is 3.94. The Morgan fingerprint density at radius 2 is 1.90 bits per heavy atom. The summed E-state index contributed by atoms with van der Waals surface area (Å²) in [7, 11) is 3.24. The monoisotopic (exact) mass is 424 g/mol. The first-order chi connectivity index (χ1) is 15.0. The number of benzene rings is 2. The topological polar surface area (TPSA) is 88.9 Å². The molecule has 1 aliphatic rings. The minimum Gasteiger partial charge on any atom is -0.493 e. The Hall–Kier alpha value is -3.26. The Kier molecular flexibility index (Phi) is 5.99. The van der Waals surface area contributed by atoms with Crippen molar-refractivity contribution < 1.29 is 19.4 Å². The van der Waals surface area contributed by atoms with Crippen LogP contribution in [0.15, 0.2) is 36.4 Å². The Bertz CT molecular complexity index is 1090. The van der Waals surface area contributed by atoms with Gasteiger partial charge in [-0.15, -0.1) is 0 Å². The SMILES string of the molecule is COc1cc2c(cc1OC)CN(C(=O)Cn1c(NC[C@@H](C)O)nc3ccccc31)CC2. The summed E-state index contributed by atoms with van der Waals surface area (Å²) in [4.78, 5) is 19.7. The molecule has 0 fully saturated rings. The molecular weight excluding hydrogens is 396 g/mol. The van der Waals surface area contributed by atoms with Crippen LogP contribution < -0.4 is 14.8 Å². The molecule has 0 radical (unpaired) electrons. The summed E-state index contributed by atoms with van der Waals surface area (Å²) in [6.45, 7) is 3.41. The number of hydrogen-bond donors (Lipinski definition) is 2. The minimum atomic E-state index is -0.519. The van der Waals surface area contributed by atoms with Gasteiger partial charge in [-0.05, 0) is 48.7 Å². The summed E-state index contributed by atoms with van der Waals surface area (Å²) in [5, 5.41) is 12.8. The van der Waals surface area contributed by atoms with Gasteiger partial charge >= 0.3 is 0 Å². The van der Waals surface area contributed by atoms with Crippen molar-refractivity contribution in [1.29, 1.82) is 0 Å². The van der Waals surface area contributed by atoms with Crippen LogP contribution in [0.5, 0.6) is 11.5 Å². The molecule has 0 spiro atoms. The highest BCUT2D eigenvalue weighted by molar-refractivity contribution is 5.83. The second kappa shape index (κ2) is 8.85. The molecule has 2 heterocycles. The molecular formula is C23H28N4O4. The predicted octanol–water partition coefficient (Wildman–Crippen LogP) is 2.43. The summed E-state index contributed by atoms with van der Waals surface area (Å²) >= 11 is 0. The van der Waals surface area contributed by atoms with Gasteiger partial charge in [0.25, 0.3) is 0 Å². The number of rotatable bonds is 7. The zero-order chi connectivity index (χ0) is 22.0. The number of imidazole rings is 1. The molecule has 8 heteroatoms. The van der Waals surface area contributed by atoms with Gasteiger partial charge in [-0.2, -0.15) is 0 Å². The number of hydrogen-bond acceptors (Lipinski definition) is 6. The minimum absolute atomic E-state index is 0.0173. The van der Waals surface area contributed by atoms with Crippen LogP contribution in [0, 0.1) is 0 Å². The molecule has 0 saturated heterocycles. The number of aliphatic hydroxyl groups is 1. The molecule has 164 valence electrons. The number of nitrogens with one attached hydrogen (secondary N) is 1. The number of para-hydroxylation sites is 2. The molecule has 1 atom stereocenters. The Labute approximate surface area is 181 Å². The molecule has 0 unspecified atom stereocenters. The van der Waals surface area contributed by atoms with Crippen molar-refractivity contribution in [3.63, 3.8) is 0 Å². The highest BCUT2D eigenvalue weighted by Gasteiger charge is 2.24. The summed E-state index contributed by atoms with van der Waals surface area (Å²) < 4.78 is 12.7. The number of methoxy groups -OCH3 is 2. The van der Waals surface area contributed by atoms with Gasteiger partial charge in [0.15, 0.2) is 11.5 Å². The van der Waals surface area contributed by atoms with Gasteiger partial charge in [-0.3, -0.25) is 4.79 Å². The maximum atomic E-state index is 13.2. The number of amides is 1. The molecule has 0 aliphatic carbocycles. The van der Waals surface area contributed by atoms with Crippen molar-refractivity contribution in [3.8, 4) is 11.5 Å². The third kappa shape index (κ3) is 4.29. The van der Waals surface area contributed by atoms with Crippen LogP contribution in [0.2, 0.25) is 0 Å². The highest BCUT2D eigenvalue weighted by atomic mass is 16.5. The Morgan fingerprint density at radius 3 is 2.61 bits per heavy atom. The molecule has 1 aromatic heterocycles. The zero-order valence-electron chi connectivity index (χ0n) is 18.1. The summed E-state index contributed by atoms with van der Waals surface area (Å²) in [5.74, 6) is 1.98. The number of anilines is 1. The quantitative estimate of drug-likeness (QED) is 0.606. The molecule has 1 aliphatic heterocycles. The number of nitrogens with zero attached hydrogens (tertiary/aromatic N) is 3. The van der Waals surface area contributed by atoms with Crippen LogP contribution in [0.3, 0.4) is 0 Å². The van der Waals surface area contributed by atoms with E-state index in [1.807, 2.05) is 45.9 Å². The van der Waals surface area contributed by atoms with E-state index >= 15 is 0 Å². The van der Waals surface area contributed by atoms with E-state index in [0.717, 1.165) is 23.0 Å². The lowest BCUT2D eigenvalue weighted by molar-refractivity contribution is -0.132. The molecule has 31 heavy (non-hydrogen) atoms. The van der Waals surface area contributed by atoms with Crippen molar-refractivity contribution in [1.82, 2.24) is 14.5 Å². The molecule has 3 aromatic rings. The number of carbonyl (C=O) groups excluding carboxylic acids is 1. The average Bonchev–Trinajstić information content (AvgIpc) is 3.13. The van der Waals surface area contributed by atoms with E-state index in [1.165, 1.54) is 5.56 Å². The van der Waals surface area contributed by atoms with Gasteiger partial charge in [0.2, 0.25) is 11.9 Å². The summed E-state index contributed by atoms with van der Waals surface area (Å²) in [6.07, 6.45) is 0.244. The molecule has 4 rings (SSSR count). The van der Waals surface area contributed by atoms with E-state index in [-0.39, 0.29) is 12.5 Å². The number of fused-ring (bicyclic) bond motifs is 2. The normalized spacial score (nSPS) is 14.3. The number of aliphatic hydroxyl groups excluding tert-OH is 1. The maximum Gasteiger partial charge on any atom is 0.242 e. The van der Waals surface area contributed by atoms with Gasteiger partial charge in [0.05, 0.1) is 31.4 Å². The molecule has 2 N–H and O–H groups in total. The van der Waals surface area contributed by atoms with Gasteiger partial charge in [-0.1, -0.05) is 12.1 Å². The second-order valence-electron chi connectivity index (χ2n) is 7.78. The fraction of sp³-hybridized carbons (Fsp3) is 0.391. The predicted molar refractivity (Wildman–Crippen MR) is 119 cm³/mol. The van der Waals surface area contributed by atoms with Gasteiger partial charge in [-0.25, -0.2) is 4.98 Å². The molecule has 8 nitrogen and oxygen atoms in total. The van der Waals surface area contributed by atoms with Crippen molar-refractivity contribution in [2.45, 2.75) is 32.5 Å². The van der Waals surface area contributed by atoms with E-state index in [9.17, 15) is 9.90 Å². The molecule has 0 saturated carbocycles. The second-order valence-corrected chi connectivity index (χ2v) is 7.78. The molecule has 2 aromatic carbocycles. The maximum absolute atomic E-state index is 13.2. The summed E-state index contributed by atoms with van der Waals surface area (Å²) in [6, 6.07) is 11.7. The molecule has 1 amide bonds. The van der Waals surface area contributed by atoms with E-state index in [0.29, 0.717) is 37.1 Å². The van der Waals surface area contributed by atoms with Gasteiger partial charge in [0.1, 0.15) is 6.54 Å². The third-order valence-electron chi connectivity index (χ3n) is 5.57. The van der Waals surface area contributed by atoms with Crippen LogP contribution in [-0.2, 0) is 24.3 Å². The largest absolute Gasteiger partial charge is 0.493 e. The third-order valence-corrected chi connectivity index (χ3v) is 5.57. The first-order valence-electron chi connectivity index (χ1n) is 10.4. The van der Waals surface area contributed by atoms with Crippen molar-refractivity contribution >= 4 is 22.9 Å². The van der Waals surface area contributed by atoms with Crippen LogP contribution in [0.25, 0.3) is 11.0 Å². The van der Waals surface area contributed by atoms with E-state index in [2.05, 4.69) is 10.3 Å². The lowest BCUT2D eigenvalue weighted by Gasteiger charge is -2.30. The Morgan fingerprint density at radius 1 is 1.19 bits per heavy atom. The number of ether oxygens (including phenoxy) is 2. The Balaban J connectivity index is 1.56. The number of carbonyl (C=O) groups is 1. The molecule has 0 bridgehead atoms. The van der Waals surface area contributed by atoms with Gasteiger partial charge in [0, 0.05) is 19.6 Å². The smallest absolute Gasteiger partial charge is 0.242 e.